The summed E-state index contributed by atoms with van der Waals surface area (Å²) < 4.78 is 0. The molecule has 0 nitrogen and oxygen atoms in total. The first-order valence-corrected chi connectivity index (χ1v) is 14.0. The highest BCUT2D eigenvalue weighted by Crippen LogP contribution is 2.44. The second-order valence-corrected chi connectivity index (χ2v) is 11.9. The van der Waals surface area contributed by atoms with E-state index in [2.05, 4.69) is 92.5 Å². The predicted molar refractivity (Wildman–Crippen MR) is 175 cm³/mol. The fourth-order valence-electron chi connectivity index (χ4n) is 5.37. The largest absolute Gasteiger partial charge is 0.142 e. The molecular formula is C30H18S6. The molecule has 0 aromatic heterocycles. The Labute approximate surface area is 240 Å². The Hall–Kier alpha value is -1.80. The van der Waals surface area contributed by atoms with Crippen LogP contribution in [0.2, 0.25) is 0 Å². The lowest BCUT2D eigenvalue weighted by molar-refractivity contribution is 1.33. The van der Waals surface area contributed by atoms with E-state index in [1.54, 1.807) is 0 Å². The van der Waals surface area contributed by atoms with Crippen molar-refractivity contribution in [1.29, 1.82) is 0 Å². The minimum Gasteiger partial charge on any atom is -0.142 e. The van der Waals surface area contributed by atoms with Crippen LogP contribution in [0.25, 0.3) is 64.6 Å². The van der Waals surface area contributed by atoms with Crippen LogP contribution in [-0.4, -0.2) is 0 Å². The molecule has 0 unspecified atom stereocenters. The van der Waals surface area contributed by atoms with Gasteiger partial charge in [0.25, 0.3) is 0 Å². The van der Waals surface area contributed by atoms with Crippen molar-refractivity contribution < 1.29 is 0 Å². The quantitative estimate of drug-likeness (QED) is 0.0583. The molecule has 0 radical (unpaired) electrons. The van der Waals surface area contributed by atoms with E-state index in [-0.39, 0.29) is 0 Å². The standard InChI is InChI=1S/C30H18S6/c31-25-4-1-13-7-19-22(10-16(13)28(25)34)20-8-14-2-5-27(33)30(36)18(14)12-24(20)21-9-15-3-6-26(32)29(35)17(15)11-23(19)21/h1-12,31-36H. The van der Waals surface area contributed by atoms with Gasteiger partial charge >= 0.3 is 0 Å². The maximum atomic E-state index is 4.80. The van der Waals surface area contributed by atoms with Crippen LogP contribution in [-0.2, 0) is 0 Å². The van der Waals surface area contributed by atoms with Crippen LogP contribution in [0.15, 0.2) is 102 Å². The second-order valence-electron chi connectivity index (χ2n) is 9.16. The van der Waals surface area contributed by atoms with Gasteiger partial charge in [0.05, 0.1) is 0 Å². The summed E-state index contributed by atoms with van der Waals surface area (Å²) in [6.07, 6.45) is 0. The Kier molecular flexibility index (Phi) is 5.41. The van der Waals surface area contributed by atoms with E-state index < -0.39 is 0 Å². The average molecular weight is 571 g/mol. The van der Waals surface area contributed by atoms with Crippen molar-refractivity contribution in [2.75, 3.05) is 0 Å². The van der Waals surface area contributed by atoms with E-state index in [1.807, 2.05) is 18.2 Å². The molecule has 0 aliphatic heterocycles. The summed E-state index contributed by atoms with van der Waals surface area (Å²) in [7, 11) is 0. The highest BCUT2D eigenvalue weighted by Gasteiger charge is 2.15. The van der Waals surface area contributed by atoms with E-state index in [9.17, 15) is 0 Å². The van der Waals surface area contributed by atoms with Crippen molar-refractivity contribution in [3.05, 3.63) is 72.8 Å². The van der Waals surface area contributed by atoms with Gasteiger partial charge < -0.3 is 0 Å². The lowest BCUT2D eigenvalue weighted by Gasteiger charge is -2.16. The van der Waals surface area contributed by atoms with E-state index in [1.165, 1.54) is 32.3 Å². The molecule has 0 aliphatic rings. The summed E-state index contributed by atoms with van der Waals surface area (Å²) in [4.78, 5) is 5.27. The summed E-state index contributed by atoms with van der Waals surface area (Å²) in [5.74, 6) is 0. The zero-order chi connectivity index (χ0) is 24.9. The predicted octanol–water partition coefficient (Wildman–Crippen LogP) is 10.3. The van der Waals surface area contributed by atoms with Gasteiger partial charge in [0, 0.05) is 29.4 Å². The first-order chi connectivity index (χ1) is 17.3. The molecule has 0 bridgehead atoms. The van der Waals surface area contributed by atoms with Gasteiger partial charge in [-0.25, -0.2) is 0 Å². The van der Waals surface area contributed by atoms with Crippen LogP contribution < -0.4 is 0 Å². The number of benzene rings is 7. The Bertz CT molecular complexity index is 1840. The van der Waals surface area contributed by atoms with Gasteiger partial charge in [-0.1, -0.05) is 18.2 Å². The number of thiol groups is 6. The van der Waals surface area contributed by atoms with Crippen molar-refractivity contribution in [1.82, 2.24) is 0 Å². The molecule has 7 aromatic rings. The molecule has 0 N–H and O–H groups in total. The van der Waals surface area contributed by atoms with Crippen LogP contribution in [0.1, 0.15) is 0 Å². The molecule has 36 heavy (non-hydrogen) atoms. The van der Waals surface area contributed by atoms with E-state index in [4.69, 9.17) is 37.9 Å². The average Bonchev–Trinajstić information content (AvgIpc) is 2.89. The van der Waals surface area contributed by atoms with Gasteiger partial charge in [-0.05, 0) is 119 Å². The number of hydrogen-bond donors (Lipinski definition) is 6. The summed E-state index contributed by atoms with van der Waals surface area (Å²) >= 11 is 28.3. The molecule has 6 heteroatoms. The second kappa shape index (κ2) is 8.35. The molecule has 0 atom stereocenters. The van der Waals surface area contributed by atoms with Gasteiger partial charge in [0.15, 0.2) is 0 Å². The van der Waals surface area contributed by atoms with E-state index in [0.717, 1.165) is 61.7 Å². The molecule has 7 rings (SSSR count). The topological polar surface area (TPSA) is 0 Å². The molecule has 0 amide bonds. The van der Waals surface area contributed by atoms with Gasteiger partial charge in [-0.2, -0.15) is 0 Å². The highest BCUT2D eigenvalue weighted by molar-refractivity contribution is 7.84. The Morgan fingerprint density at radius 3 is 0.806 bits per heavy atom. The van der Waals surface area contributed by atoms with Gasteiger partial charge in [0.2, 0.25) is 0 Å². The van der Waals surface area contributed by atoms with Crippen molar-refractivity contribution in [2.45, 2.75) is 29.4 Å². The Balaban J connectivity index is 1.80. The fourth-order valence-corrected chi connectivity index (χ4v) is 6.76. The van der Waals surface area contributed by atoms with Crippen molar-refractivity contribution in [3.8, 4) is 0 Å². The molecule has 0 saturated heterocycles. The number of rotatable bonds is 0. The Morgan fingerprint density at radius 1 is 0.278 bits per heavy atom. The maximum absolute atomic E-state index is 4.80. The zero-order valence-electron chi connectivity index (χ0n) is 18.6. The molecule has 0 saturated carbocycles. The number of fused-ring (bicyclic) bond motifs is 9. The first-order valence-electron chi connectivity index (χ1n) is 11.3. The zero-order valence-corrected chi connectivity index (χ0v) is 24.0. The summed E-state index contributed by atoms with van der Waals surface area (Å²) in [6, 6.07) is 26.0. The van der Waals surface area contributed by atoms with Gasteiger partial charge in [-0.3, -0.25) is 0 Å². The third-order valence-electron chi connectivity index (χ3n) is 7.20. The van der Waals surface area contributed by atoms with Gasteiger partial charge in [0.1, 0.15) is 0 Å². The Morgan fingerprint density at radius 2 is 0.528 bits per heavy atom. The fraction of sp³-hybridized carbons (Fsp3) is 0. The monoisotopic (exact) mass is 570 g/mol. The lowest BCUT2D eigenvalue weighted by Crippen LogP contribution is -1.89. The molecule has 174 valence electrons. The van der Waals surface area contributed by atoms with Crippen molar-refractivity contribution in [3.63, 3.8) is 0 Å². The molecule has 0 heterocycles. The van der Waals surface area contributed by atoms with E-state index in [0.29, 0.717) is 0 Å². The number of hydrogen-bond acceptors (Lipinski definition) is 6. The first kappa shape index (κ1) is 23.3. The molecule has 7 aromatic carbocycles. The molecule has 0 fully saturated rings. The summed E-state index contributed by atoms with van der Waals surface area (Å²) in [5.41, 5.74) is 0. The summed E-state index contributed by atoms with van der Waals surface area (Å²) in [5, 5.41) is 13.8. The molecule has 0 aliphatic carbocycles. The van der Waals surface area contributed by atoms with Crippen LogP contribution in [0, 0.1) is 0 Å². The van der Waals surface area contributed by atoms with Crippen molar-refractivity contribution in [2.24, 2.45) is 0 Å². The normalized spacial score (nSPS) is 12.2. The van der Waals surface area contributed by atoms with E-state index >= 15 is 0 Å². The minimum atomic E-state index is 0.869. The minimum absolute atomic E-state index is 0.869. The maximum Gasteiger partial charge on any atom is 0.0253 e. The van der Waals surface area contributed by atoms with Crippen LogP contribution in [0.3, 0.4) is 0 Å². The molecule has 0 spiro atoms. The third kappa shape index (κ3) is 3.32. The van der Waals surface area contributed by atoms with Crippen LogP contribution in [0.4, 0.5) is 0 Å². The van der Waals surface area contributed by atoms with Crippen LogP contribution in [0.5, 0.6) is 0 Å². The molecular weight excluding hydrogens is 553 g/mol. The lowest BCUT2D eigenvalue weighted by atomic mass is 9.89. The van der Waals surface area contributed by atoms with Gasteiger partial charge in [-0.15, -0.1) is 75.8 Å². The highest BCUT2D eigenvalue weighted by atomic mass is 32.1. The smallest absolute Gasteiger partial charge is 0.0253 e. The third-order valence-corrected chi connectivity index (χ3v) is 10.3. The van der Waals surface area contributed by atoms with Crippen LogP contribution >= 0.6 is 75.8 Å². The SMILES string of the molecule is Sc1ccc2cc3c4cc5c(S)c(S)ccc5cc4c4cc5c(S)c(S)ccc5cc4c3cc2c1S. The summed E-state index contributed by atoms with van der Waals surface area (Å²) in [6.45, 7) is 0. The van der Waals surface area contributed by atoms with Crippen molar-refractivity contribution >= 4 is 140 Å².